The third-order valence-corrected chi connectivity index (χ3v) is 6.30. The number of ether oxygens (including phenoxy) is 1. The van der Waals surface area contributed by atoms with Crippen molar-refractivity contribution in [1.29, 1.82) is 0 Å². The Morgan fingerprint density at radius 3 is 2.81 bits per heavy atom. The summed E-state index contributed by atoms with van der Waals surface area (Å²) >= 11 is 1.75. The van der Waals surface area contributed by atoms with Crippen LogP contribution in [0.15, 0.2) is 36.4 Å². The van der Waals surface area contributed by atoms with E-state index in [1.54, 1.807) is 16.2 Å². The maximum absolute atomic E-state index is 11.9. The largest absolute Gasteiger partial charge is 0.450 e. The van der Waals surface area contributed by atoms with Crippen LogP contribution in [0.2, 0.25) is 0 Å². The second-order valence-corrected chi connectivity index (χ2v) is 7.64. The predicted molar refractivity (Wildman–Crippen MR) is 107 cm³/mol. The predicted octanol–water partition coefficient (Wildman–Crippen LogP) is 4.51. The van der Waals surface area contributed by atoms with Gasteiger partial charge in [-0.2, -0.15) is 0 Å². The monoisotopic (exact) mass is 369 g/mol. The van der Waals surface area contributed by atoms with E-state index in [4.69, 9.17) is 9.72 Å². The molecule has 0 atom stereocenters. The Balaban J connectivity index is 1.53. The molecule has 2 heterocycles. The van der Waals surface area contributed by atoms with Gasteiger partial charge in [0.05, 0.1) is 16.8 Å². The first kappa shape index (κ1) is 17.1. The molecule has 5 nitrogen and oxygen atoms in total. The summed E-state index contributed by atoms with van der Waals surface area (Å²) in [6, 6.07) is 13.1. The van der Waals surface area contributed by atoms with Gasteiger partial charge in [0.25, 0.3) is 0 Å². The van der Waals surface area contributed by atoms with Gasteiger partial charge in [-0.05, 0) is 31.2 Å². The third kappa shape index (κ3) is 3.09. The fourth-order valence-electron chi connectivity index (χ4n) is 3.60. The van der Waals surface area contributed by atoms with Crippen molar-refractivity contribution in [2.45, 2.75) is 25.8 Å². The van der Waals surface area contributed by atoms with Gasteiger partial charge in [-0.3, -0.25) is 0 Å². The molecule has 2 aromatic carbocycles. The zero-order valence-electron chi connectivity index (χ0n) is 15.1. The molecule has 0 bridgehead atoms. The molecule has 6 heteroatoms. The molecule has 136 valence electrons. The highest BCUT2D eigenvalue weighted by atomic mass is 32.1. The zero-order chi connectivity index (χ0) is 18.1. The normalized spacial score (nSPS) is 15.5. The van der Waals surface area contributed by atoms with Crippen LogP contribution in [0, 0.1) is 0 Å². The van der Waals surface area contributed by atoms with E-state index < -0.39 is 0 Å². The standard InChI is InChI=1S/C20H23N3O2S/c1-3-25-20(24)23-12-10-15(11-13-23)22(2)19-21-17-9-8-14-6-4-5-7-16(14)18(17)26-19/h4-9,15H,3,10-13H2,1-2H3. The molecule has 0 unspecified atom stereocenters. The highest BCUT2D eigenvalue weighted by molar-refractivity contribution is 7.23. The van der Waals surface area contributed by atoms with Crippen molar-refractivity contribution in [2.75, 3.05) is 31.6 Å². The number of piperidine rings is 1. The topological polar surface area (TPSA) is 45.7 Å². The molecular weight excluding hydrogens is 346 g/mol. The summed E-state index contributed by atoms with van der Waals surface area (Å²) in [6.45, 7) is 3.75. The van der Waals surface area contributed by atoms with E-state index in [9.17, 15) is 4.79 Å². The number of carbonyl (C=O) groups is 1. The molecule has 0 aliphatic carbocycles. The molecule has 1 aromatic heterocycles. The smallest absolute Gasteiger partial charge is 0.409 e. The van der Waals surface area contributed by atoms with Gasteiger partial charge < -0.3 is 14.5 Å². The summed E-state index contributed by atoms with van der Waals surface area (Å²) in [7, 11) is 2.12. The molecule has 1 aliphatic heterocycles. The minimum Gasteiger partial charge on any atom is -0.450 e. The van der Waals surface area contributed by atoms with Gasteiger partial charge in [0.2, 0.25) is 0 Å². The van der Waals surface area contributed by atoms with Gasteiger partial charge in [-0.25, -0.2) is 9.78 Å². The lowest BCUT2D eigenvalue weighted by molar-refractivity contribution is 0.0971. The summed E-state index contributed by atoms with van der Waals surface area (Å²) in [4.78, 5) is 20.8. The molecule has 0 saturated carbocycles. The number of benzene rings is 2. The number of rotatable bonds is 3. The number of carbonyl (C=O) groups excluding carboxylic acids is 1. The molecule has 1 fully saturated rings. The number of fused-ring (bicyclic) bond motifs is 3. The number of hydrogen-bond acceptors (Lipinski definition) is 5. The lowest BCUT2D eigenvalue weighted by atomic mass is 10.0. The number of nitrogens with zero attached hydrogens (tertiary/aromatic N) is 3. The maximum Gasteiger partial charge on any atom is 0.409 e. The quantitative estimate of drug-likeness (QED) is 0.682. The zero-order valence-corrected chi connectivity index (χ0v) is 16.0. The van der Waals surface area contributed by atoms with E-state index in [0.717, 1.165) is 36.6 Å². The molecule has 3 aromatic rings. The van der Waals surface area contributed by atoms with E-state index in [1.165, 1.54) is 15.5 Å². The number of aromatic nitrogens is 1. The summed E-state index contributed by atoms with van der Waals surface area (Å²) in [5, 5.41) is 3.56. The number of likely N-dealkylation sites (tertiary alicyclic amines) is 1. The van der Waals surface area contributed by atoms with Crippen molar-refractivity contribution >= 4 is 43.6 Å². The molecule has 0 radical (unpaired) electrons. The Morgan fingerprint density at radius 1 is 1.27 bits per heavy atom. The molecule has 0 N–H and O–H groups in total. The lowest BCUT2D eigenvalue weighted by Gasteiger charge is -2.36. The summed E-state index contributed by atoms with van der Waals surface area (Å²) in [6.07, 6.45) is 1.68. The van der Waals surface area contributed by atoms with E-state index in [1.807, 2.05) is 6.92 Å². The van der Waals surface area contributed by atoms with Crippen LogP contribution in [0.25, 0.3) is 21.0 Å². The summed E-state index contributed by atoms with van der Waals surface area (Å²) in [5.41, 5.74) is 1.06. The van der Waals surface area contributed by atoms with E-state index in [0.29, 0.717) is 12.6 Å². The van der Waals surface area contributed by atoms with Crippen LogP contribution in [-0.4, -0.2) is 48.8 Å². The number of anilines is 1. The van der Waals surface area contributed by atoms with Gasteiger partial charge >= 0.3 is 6.09 Å². The van der Waals surface area contributed by atoms with Crippen LogP contribution in [-0.2, 0) is 4.74 Å². The minimum absolute atomic E-state index is 0.194. The number of hydrogen-bond donors (Lipinski definition) is 0. The summed E-state index contributed by atoms with van der Waals surface area (Å²) < 4.78 is 6.35. The first-order chi connectivity index (χ1) is 12.7. The number of thiazole rings is 1. The van der Waals surface area contributed by atoms with Crippen molar-refractivity contribution in [1.82, 2.24) is 9.88 Å². The van der Waals surface area contributed by atoms with Gasteiger partial charge in [-0.1, -0.05) is 41.7 Å². The van der Waals surface area contributed by atoms with Crippen LogP contribution < -0.4 is 4.90 Å². The van der Waals surface area contributed by atoms with Gasteiger partial charge in [-0.15, -0.1) is 0 Å². The van der Waals surface area contributed by atoms with E-state index >= 15 is 0 Å². The second kappa shape index (κ2) is 7.11. The van der Waals surface area contributed by atoms with Crippen LogP contribution in [0.3, 0.4) is 0 Å². The SMILES string of the molecule is CCOC(=O)N1CCC(N(C)c2nc3ccc4ccccc4c3s2)CC1. The first-order valence-corrected chi connectivity index (χ1v) is 9.92. The molecule has 1 amide bonds. The Bertz CT molecular complexity index is 931. The molecule has 0 spiro atoms. The van der Waals surface area contributed by atoms with Crippen molar-refractivity contribution in [3.63, 3.8) is 0 Å². The minimum atomic E-state index is -0.194. The average Bonchev–Trinajstić information content (AvgIpc) is 3.12. The lowest BCUT2D eigenvalue weighted by Crippen LogP contribution is -2.45. The summed E-state index contributed by atoms with van der Waals surface area (Å²) in [5.74, 6) is 0. The Labute approximate surface area is 157 Å². The second-order valence-electron chi connectivity index (χ2n) is 6.66. The highest BCUT2D eigenvalue weighted by Gasteiger charge is 2.27. The first-order valence-electron chi connectivity index (χ1n) is 9.10. The fraction of sp³-hybridized carbons (Fsp3) is 0.400. The number of amides is 1. The highest BCUT2D eigenvalue weighted by Crippen LogP contribution is 2.35. The van der Waals surface area contributed by atoms with Crippen LogP contribution in [0.5, 0.6) is 0 Å². The Kier molecular flexibility index (Phi) is 4.68. The molecule has 4 rings (SSSR count). The van der Waals surface area contributed by atoms with Crippen LogP contribution in [0.1, 0.15) is 19.8 Å². The van der Waals surface area contributed by atoms with Gasteiger partial charge in [0, 0.05) is 31.6 Å². The maximum atomic E-state index is 11.9. The molecule has 26 heavy (non-hydrogen) atoms. The van der Waals surface area contributed by atoms with Crippen LogP contribution >= 0.6 is 11.3 Å². The van der Waals surface area contributed by atoms with Crippen molar-refractivity contribution in [3.05, 3.63) is 36.4 Å². The molecular formula is C20H23N3O2S. The fourth-order valence-corrected chi connectivity index (χ4v) is 4.74. The van der Waals surface area contributed by atoms with Gasteiger partial charge in [0.1, 0.15) is 0 Å². The van der Waals surface area contributed by atoms with Crippen LogP contribution in [0.4, 0.5) is 9.93 Å². The third-order valence-electron chi connectivity index (χ3n) is 5.11. The van der Waals surface area contributed by atoms with Crippen molar-refractivity contribution in [2.24, 2.45) is 0 Å². The average molecular weight is 369 g/mol. The van der Waals surface area contributed by atoms with Crippen molar-refractivity contribution in [3.8, 4) is 0 Å². The Hall–Kier alpha value is -2.34. The van der Waals surface area contributed by atoms with Crippen molar-refractivity contribution < 1.29 is 9.53 Å². The molecule has 1 saturated heterocycles. The van der Waals surface area contributed by atoms with E-state index in [-0.39, 0.29) is 6.09 Å². The molecule has 1 aliphatic rings. The van der Waals surface area contributed by atoms with Gasteiger partial charge in [0.15, 0.2) is 5.13 Å². The Morgan fingerprint density at radius 2 is 2.04 bits per heavy atom. The van der Waals surface area contributed by atoms with E-state index in [2.05, 4.69) is 48.3 Å².